The first kappa shape index (κ1) is 20.5. The van der Waals surface area contributed by atoms with E-state index in [4.69, 9.17) is 4.74 Å². The molecule has 0 radical (unpaired) electrons. The van der Waals surface area contributed by atoms with E-state index in [9.17, 15) is 20.0 Å². The Morgan fingerprint density at radius 1 is 1.15 bits per heavy atom. The summed E-state index contributed by atoms with van der Waals surface area (Å²) < 4.78 is 5.40. The van der Waals surface area contributed by atoms with Gasteiger partial charge in [-0.3, -0.25) is 10.1 Å². The molecule has 0 aliphatic carbocycles. The number of hydrogen-bond acceptors (Lipinski definition) is 9. The number of phenolic OH excluding ortho intramolecular Hbond substituents is 1. The average Bonchev–Trinajstić information content (AvgIpc) is 2.84. The Balaban J connectivity index is 1.30. The Labute approximate surface area is 188 Å². The molecule has 2 N–H and O–H groups in total. The molecule has 0 bridgehead atoms. The molecular weight excluding hydrogens is 428 g/mol. The van der Waals surface area contributed by atoms with Gasteiger partial charge in [-0.1, -0.05) is 12.1 Å². The monoisotopic (exact) mass is 448 g/mol. The van der Waals surface area contributed by atoms with E-state index in [-0.39, 0.29) is 23.2 Å². The first-order valence-electron chi connectivity index (χ1n) is 10.4. The second-order valence-electron chi connectivity index (χ2n) is 7.77. The van der Waals surface area contributed by atoms with E-state index >= 15 is 0 Å². The Morgan fingerprint density at radius 2 is 1.94 bits per heavy atom. The van der Waals surface area contributed by atoms with Gasteiger partial charge in [-0.25, -0.2) is 4.79 Å². The molecule has 3 aromatic rings. The van der Waals surface area contributed by atoms with Gasteiger partial charge in [-0.2, -0.15) is 0 Å². The number of rotatable bonds is 3. The second kappa shape index (κ2) is 8.26. The molecule has 1 fully saturated rings. The third-order valence-electron chi connectivity index (χ3n) is 5.76. The number of non-ortho nitro benzene ring substituents is 1. The minimum absolute atomic E-state index is 0.00270. The summed E-state index contributed by atoms with van der Waals surface area (Å²) in [5.41, 5.74) is 1.96. The summed E-state index contributed by atoms with van der Waals surface area (Å²) in [6.45, 7) is 2.03. The zero-order valence-corrected chi connectivity index (χ0v) is 17.4. The lowest BCUT2D eigenvalue weighted by Gasteiger charge is -2.45. The van der Waals surface area contributed by atoms with Crippen LogP contribution in [0.1, 0.15) is 0 Å². The number of aromatic nitrogens is 2. The van der Waals surface area contributed by atoms with E-state index in [0.29, 0.717) is 43.3 Å². The third kappa shape index (κ3) is 3.95. The van der Waals surface area contributed by atoms with Crippen LogP contribution in [0.2, 0.25) is 0 Å². The van der Waals surface area contributed by atoms with Crippen LogP contribution in [0.15, 0.2) is 54.6 Å². The minimum Gasteiger partial charge on any atom is -0.507 e. The first-order chi connectivity index (χ1) is 16.0. The molecule has 1 aromatic heterocycles. The molecule has 5 rings (SSSR count). The third-order valence-corrected chi connectivity index (χ3v) is 5.76. The topological polar surface area (TPSA) is 134 Å². The summed E-state index contributed by atoms with van der Waals surface area (Å²) in [6.07, 6.45) is -0.503. The maximum Gasteiger partial charge on any atom is 0.415 e. The number of nitro groups is 1. The molecule has 1 atom stereocenters. The van der Waals surface area contributed by atoms with Crippen molar-refractivity contribution in [2.24, 2.45) is 0 Å². The Hall–Kier alpha value is -4.41. The standard InChI is InChI=1S/C22H20N6O5/c29-20-4-2-1-3-17(20)18-11-19-21(25-24-18)23-12-15-13-26(9-10-27(15)19)22(30)33-16-7-5-14(6-8-16)28(31)32/h1-8,11,15,29H,9-10,12-13H2,(H,23,25)/t15-/m0/s1. The lowest BCUT2D eigenvalue weighted by molar-refractivity contribution is -0.384. The molecule has 33 heavy (non-hydrogen) atoms. The van der Waals surface area contributed by atoms with Crippen molar-refractivity contribution in [2.75, 3.05) is 36.4 Å². The van der Waals surface area contributed by atoms with E-state index in [0.717, 1.165) is 5.69 Å². The van der Waals surface area contributed by atoms with Gasteiger partial charge in [0.2, 0.25) is 0 Å². The van der Waals surface area contributed by atoms with Crippen molar-refractivity contribution >= 4 is 23.3 Å². The van der Waals surface area contributed by atoms with Crippen LogP contribution in [-0.2, 0) is 0 Å². The van der Waals surface area contributed by atoms with Crippen LogP contribution in [0.5, 0.6) is 11.5 Å². The molecule has 1 amide bonds. The van der Waals surface area contributed by atoms with E-state index in [1.54, 1.807) is 23.1 Å². The number of para-hydroxylation sites is 1. The number of nitro benzene ring substituents is 1. The van der Waals surface area contributed by atoms with E-state index in [1.165, 1.54) is 24.3 Å². The highest BCUT2D eigenvalue weighted by molar-refractivity contribution is 5.77. The van der Waals surface area contributed by atoms with Crippen LogP contribution < -0.4 is 15.0 Å². The zero-order chi connectivity index (χ0) is 22.9. The predicted molar refractivity (Wildman–Crippen MR) is 119 cm³/mol. The number of hydrogen-bond donors (Lipinski definition) is 2. The Kier molecular flexibility index (Phi) is 5.13. The van der Waals surface area contributed by atoms with Gasteiger partial charge in [0.05, 0.1) is 22.3 Å². The van der Waals surface area contributed by atoms with Crippen molar-refractivity contribution in [3.8, 4) is 22.8 Å². The van der Waals surface area contributed by atoms with Crippen LogP contribution in [0.4, 0.5) is 22.0 Å². The number of aromatic hydroxyl groups is 1. The second-order valence-corrected chi connectivity index (χ2v) is 7.77. The Bertz CT molecular complexity index is 1220. The fourth-order valence-corrected chi connectivity index (χ4v) is 4.08. The Morgan fingerprint density at radius 3 is 2.70 bits per heavy atom. The fourth-order valence-electron chi connectivity index (χ4n) is 4.08. The van der Waals surface area contributed by atoms with Gasteiger partial charge in [-0.05, 0) is 30.3 Å². The normalized spacial score (nSPS) is 16.9. The molecule has 0 spiro atoms. The molecule has 11 nitrogen and oxygen atoms in total. The first-order valence-corrected chi connectivity index (χ1v) is 10.4. The summed E-state index contributed by atoms with van der Waals surface area (Å²) in [4.78, 5) is 26.7. The number of anilines is 2. The summed E-state index contributed by atoms with van der Waals surface area (Å²) in [6, 6.07) is 14.3. The van der Waals surface area contributed by atoms with Crippen molar-refractivity contribution in [1.29, 1.82) is 0 Å². The average molecular weight is 448 g/mol. The summed E-state index contributed by atoms with van der Waals surface area (Å²) >= 11 is 0. The number of benzene rings is 2. The number of phenols is 1. The maximum absolute atomic E-state index is 12.7. The summed E-state index contributed by atoms with van der Waals surface area (Å²) in [7, 11) is 0. The van der Waals surface area contributed by atoms with Gasteiger partial charge in [0.15, 0.2) is 5.82 Å². The fraction of sp³-hybridized carbons (Fsp3) is 0.227. The minimum atomic E-state index is -0.506. The number of nitrogens with one attached hydrogen (secondary N) is 1. The molecule has 0 unspecified atom stereocenters. The van der Waals surface area contributed by atoms with Gasteiger partial charge in [0.1, 0.15) is 11.5 Å². The molecule has 1 saturated heterocycles. The molecule has 11 heteroatoms. The zero-order valence-electron chi connectivity index (χ0n) is 17.4. The van der Waals surface area contributed by atoms with Crippen molar-refractivity contribution in [3.63, 3.8) is 0 Å². The lowest BCUT2D eigenvalue weighted by atomic mass is 10.1. The smallest absolute Gasteiger partial charge is 0.415 e. The van der Waals surface area contributed by atoms with Crippen LogP contribution in [0.25, 0.3) is 11.3 Å². The molecule has 2 aliphatic heterocycles. The van der Waals surface area contributed by atoms with Crippen LogP contribution in [0.3, 0.4) is 0 Å². The number of nitrogens with zero attached hydrogens (tertiary/aromatic N) is 5. The molecule has 168 valence electrons. The van der Waals surface area contributed by atoms with Crippen LogP contribution in [0, 0.1) is 10.1 Å². The van der Waals surface area contributed by atoms with Gasteiger partial charge in [0.25, 0.3) is 5.69 Å². The number of fused-ring (bicyclic) bond motifs is 3. The summed E-state index contributed by atoms with van der Waals surface area (Å²) in [5, 5.41) is 32.7. The van der Waals surface area contributed by atoms with Gasteiger partial charge >= 0.3 is 6.09 Å². The van der Waals surface area contributed by atoms with Crippen molar-refractivity contribution in [2.45, 2.75) is 6.04 Å². The van der Waals surface area contributed by atoms with Crippen molar-refractivity contribution in [3.05, 3.63) is 64.7 Å². The van der Waals surface area contributed by atoms with Crippen molar-refractivity contribution < 1.29 is 19.6 Å². The van der Waals surface area contributed by atoms with E-state index in [2.05, 4.69) is 20.4 Å². The van der Waals surface area contributed by atoms with Crippen LogP contribution >= 0.6 is 0 Å². The number of ether oxygens (including phenoxy) is 1. The highest BCUT2D eigenvalue weighted by Gasteiger charge is 2.35. The number of amides is 1. The van der Waals surface area contributed by atoms with Crippen molar-refractivity contribution in [1.82, 2.24) is 15.1 Å². The highest BCUT2D eigenvalue weighted by atomic mass is 16.6. The quantitative estimate of drug-likeness (QED) is 0.458. The van der Waals surface area contributed by atoms with E-state index < -0.39 is 11.0 Å². The molecule has 2 aliphatic rings. The molecular formula is C22H20N6O5. The number of carbonyl (C=O) groups excluding carboxylic acids is 1. The van der Waals surface area contributed by atoms with Gasteiger partial charge < -0.3 is 25.0 Å². The largest absolute Gasteiger partial charge is 0.507 e. The number of piperazine rings is 1. The maximum atomic E-state index is 12.7. The predicted octanol–water partition coefficient (Wildman–Crippen LogP) is 2.87. The van der Waals surface area contributed by atoms with Crippen LogP contribution in [-0.4, -0.2) is 63.4 Å². The highest BCUT2D eigenvalue weighted by Crippen LogP contribution is 2.36. The molecule has 2 aromatic carbocycles. The van der Waals surface area contributed by atoms with E-state index in [1.807, 2.05) is 12.1 Å². The molecule has 0 saturated carbocycles. The molecule has 3 heterocycles. The summed E-state index contributed by atoms with van der Waals surface area (Å²) in [5.74, 6) is 1.04. The van der Waals surface area contributed by atoms with Gasteiger partial charge in [-0.15, -0.1) is 10.2 Å². The SMILES string of the molecule is O=C(Oc1ccc([N+](=O)[O-])cc1)N1CCN2c3cc(-c4ccccc4O)nnc3NC[C@H]2C1. The number of carbonyl (C=O) groups is 1. The lowest BCUT2D eigenvalue weighted by Crippen LogP contribution is -2.59. The van der Waals surface area contributed by atoms with Gasteiger partial charge in [0, 0.05) is 43.9 Å².